The van der Waals surface area contributed by atoms with Crippen LogP contribution in [0.2, 0.25) is 5.02 Å². The van der Waals surface area contributed by atoms with E-state index in [2.05, 4.69) is 116 Å². The average molecular weight is 1970 g/mol. The summed E-state index contributed by atoms with van der Waals surface area (Å²) in [6.07, 6.45) is 32.5. The van der Waals surface area contributed by atoms with Gasteiger partial charge in [-0.3, -0.25) is 24.0 Å². The largest absolute Gasteiger partial charge is 0.378 e. The van der Waals surface area contributed by atoms with Gasteiger partial charge in [-0.25, -0.2) is 56.3 Å². The standard InChI is InChI=1S/C24H30FN5O.C24H31N5O.C22H25ClN4O.C22H25FN4O.C22H32N4O/c1-5-17-14-22(24(31)29-12-8-6-7-9-16(29)2)26-23-15-21(27-30(17)23)19-11-10-18(28(3)4)13-20(19)25;1-5-19-15-22(24(30)28-14-8-6-7-9-17(28)2)25-23-16-21(26-29(19)23)18-10-12-20(13-11-18)27(3)4;2*1-3-16-13-20(22(28)26-12-8-4-5-9-15(26)2)24-21-14-19(25-27(16)21)17-10-6-7-11-18(17)23;1-3-18-14-20(22(27)25-13-9-5-6-10-16(25)2)23-21-15-19(24-26(18)21)17-11-7-4-8-12-17/h10-11,13-16H,5-9,12H2,1-4H3;10-13,15-17H,5-9,14H2,1-4H3;2*6-7,10-11,13-15H,3-5,8-9,12H2,1-2H3;14-17H,3-13H2,1-2H3. The van der Waals surface area contributed by atoms with Gasteiger partial charge in [0.2, 0.25) is 0 Å². The minimum atomic E-state index is -0.331. The highest BCUT2D eigenvalue weighted by molar-refractivity contribution is 6.33. The van der Waals surface area contributed by atoms with Gasteiger partial charge in [0, 0.05) is 189 Å². The van der Waals surface area contributed by atoms with E-state index in [1.165, 1.54) is 82.8 Å². The van der Waals surface area contributed by atoms with Crippen LogP contribution in [0.15, 0.2) is 152 Å². The summed E-state index contributed by atoms with van der Waals surface area (Å²) in [5.41, 5.74) is 19.2. The van der Waals surface area contributed by atoms with Gasteiger partial charge in [-0.1, -0.05) is 172 Å². The number of halogens is 3. The minimum Gasteiger partial charge on any atom is -0.378 e. The van der Waals surface area contributed by atoms with Crippen molar-refractivity contribution in [2.45, 2.75) is 298 Å². The summed E-state index contributed by atoms with van der Waals surface area (Å²) in [4.78, 5) is 103. The lowest BCUT2D eigenvalue weighted by Crippen LogP contribution is -2.38. The van der Waals surface area contributed by atoms with E-state index in [1.54, 1.807) is 45.4 Å². The van der Waals surface area contributed by atoms with Crippen molar-refractivity contribution in [3.63, 3.8) is 0 Å². The Kier molecular flexibility index (Phi) is 34.5. The van der Waals surface area contributed by atoms with Crippen LogP contribution in [-0.2, 0) is 32.1 Å². The van der Waals surface area contributed by atoms with Gasteiger partial charge in [0.05, 0.1) is 33.5 Å². The number of hydrogen-bond acceptors (Lipinski definition) is 17. The summed E-state index contributed by atoms with van der Waals surface area (Å²) in [7, 11) is 7.81. The first-order valence-corrected chi connectivity index (χ1v) is 53.4. The van der Waals surface area contributed by atoms with Crippen LogP contribution in [-0.4, -0.2) is 218 Å². The first kappa shape index (κ1) is 104. The molecule has 5 unspecified atom stereocenters. The van der Waals surface area contributed by atoms with Crippen molar-refractivity contribution in [3.8, 4) is 45.0 Å². The van der Waals surface area contributed by atoms with Crippen LogP contribution in [0.5, 0.6) is 0 Å². The van der Waals surface area contributed by atoms with Crippen LogP contribution in [0.4, 0.5) is 20.2 Å². The number of nitrogens with zero attached hydrogens (tertiary/aromatic N) is 22. The fourth-order valence-electron chi connectivity index (χ4n) is 21.0. The van der Waals surface area contributed by atoms with Crippen molar-refractivity contribution in [2.75, 3.05) is 70.7 Å². The Morgan fingerprint density at radius 1 is 0.306 bits per heavy atom. The van der Waals surface area contributed by atoms with Gasteiger partial charge in [-0.05, 0) is 223 Å². The molecule has 0 bridgehead atoms. The lowest BCUT2D eigenvalue weighted by Gasteiger charge is -2.27. The maximum atomic E-state index is 14.8. The van der Waals surface area contributed by atoms with E-state index in [4.69, 9.17) is 36.9 Å². The molecule has 144 heavy (non-hydrogen) atoms. The molecule has 4 aromatic carbocycles. The van der Waals surface area contributed by atoms with Gasteiger partial charge in [-0.2, -0.15) is 25.5 Å². The molecule has 5 aliphatic heterocycles. The van der Waals surface area contributed by atoms with Gasteiger partial charge in [-0.15, -0.1) is 0 Å². The van der Waals surface area contributed by atoms with Gasteiger partial charge in [0.1, 0.15) is 40.1 Å². The van der Waals surface area contributed by atoms with Crippen molar-refractivity contribution in [3.05, 3.63) is 231 Å². The number of benzene rings is 4. The summed E-state index contributed by atoms with van der Waals surface area (Å²) >= 11 is 6.34. The van der Waals surface area contributed by atoms with Gasteiger partial charge >= 0.3 is 0 Å². The topological polar surface area (TPSA) is 259 Å². The molecule has 0 spiro atoms. The van der Waals surface area contributed by atoms with E-state index in [0.29, 0.717) is 97.7 Å². The van der Waals surface area contributed by atoms with E-state index in [1.807, 2.05) is 158 Å². The predicted molar refractivity (Wildman–Crippen MR) is 568 cm³/mol. The molecule has 5 atom stereocenters. The lowest BCUT2D eigenvalue weighted by atomic mass is 9.87. The maximum absolute atomic E-state index is 14.8. The quantitative estimate of drug-likeness (QED) is 0.0820. The molecule has 0 N–H and O–H groups in total. The third-order valence-corrected chi connectivity index (χ3v) is 30.1. The highest BCUT2D eigenvalue weighted by atomic mass is 35.5. The van der Waals surface area contributed by atoms with Gasteiger partial charge < -0.3 is 34.3 Å². The Labute approximate surface area is 850 Å². The predicted octanol–water partition coefficient (Wildman–Crippen LogP) is 23.3. The van der Waals surface area contributed by atoms with Crippen LogP contribution in [0.1, 0.15) is 322 Å². The van der Waals surface area contributed by atoms with Gasteiger partial charge in [0.25, 0.3) is 29.5 Å². The number of fused-ring (bicyclic) bond motifs is 5. The SMILES string of the molecule is CCc1cc(C(=O)N2CCCCCC2C)nc2cc(-c3ccc(N(C)C)cc3)nn12.CCc1cc(C(=O)N2CCCCCC2C)nc2cc(-c3ccc(N(C)C)cc3F)nn12.CCc1cc(C(=O)N2CCCCCC2C)nc2cc(-c3ccccc3Cl)nn12.CCc1cc(C(=O)N2CCCCCC2C)nc2cc(-c3ccccc3F)nn12.CCc1cc(C(=O)N2CCCCCC2C)nc2cc(C3CCCCC3)nn12. The normalized spacial score (nSPS) is 18.3. The summed E-state index contributed by atoms with van der Waals surface area (Å²) in [6, 6.07) is 47.8. The molecule has 5 amide bonds. The molecular weight excluding hydrogens is 1830 g/mol. The van der Waals surface area contributed by atoms with E-state index in [9.17, 15) is 32.8 Å². The molecule has 1 aliphatic carbocycles. The van der Waals surface area contributed by atoms with Crippen LogP contribution in [0.25, 0.3) is 73.3 Å². The molecular formula is C114H143ClF2N22O5. The molecule has 30 heteroatoms. The second kappa shape index (κ2) is 47.7. The average Bonchev–Trinajstić information content (AvgIpc) is 1.65. The summed E-state index contributed by atoms with van der Waals surface area (Å²) < 4.78 is 38.1. The van der Waals surface area contributed by atoms with E-state index in [-0.39, 0.29) is 65.3 Å². The third-order valence-electron chi connectivity index (χ3n) is 29.7. The van der Waals surface area contributed by atoms with Crippen molar-refractivity contribution in [2.24, 2.45) is 0 Å². The number of aryl methyl sites for hydroxylation is 5. The van der Waals surface area contributed by atoms with E-state index < -0.39 is 0 Å². The molecule has 6 aliphatic rings. The Bertz CT molecular complexity index is 6690. The highest BCUT2D eigenvalue weighted by Gasteiger charge is 2.34. The fourth-order valence-corrected chi connectivity index (χ4v) is 21.3. The molecule has 20 rings (SSSR count). The first-order valence-electron chi connectivity index (χ1n) is 53.0. The van der Waals surface area contributed by atoms with Crippen molar-refractivity contribution < 1.29 is 32.8 Å². The number of amides is 5. The number of anilines is 2. The van der Waals surface area contributed by atoms with E-state index >= 15 is 0 Å². The van der Waals surface area contributed by atoms with Gasteiger partial charge in [0.15, 0.2) is 28.2 Å². The maximum Gasteiger partial charge on any atom is 0.272 e. The number of aromatic nitrogens is 15. The van der Waals surface area contributed by atoms with Crippen molar-refractivity contribution in [1.82, 2.24) is 97.5 Å². The van der Waals surface area contributed by atoms with Crippen LogP contribution in [0.3, 0.4) is 0 Å². The first-order chi connectivity index (χ1) is 69.7. The number of likely N-dealkylation sites (tertiary alicyclic amines) is 5. The number of carbonyl (C=O) groups excluding carboxylic acids is 5. The fraction of sp³-hybridized carbons (Fsp3) is 0.482. The summed E-state index contributed by atoms with van der Waals surface area (Å²) in [5, 5.41) is 24.2. The molecule has 6 fully saturated rings. The molecule has 1 saturated carbocycles. The zero-order valence-corrected chi connectivity index (χ0v) is 87.4. The monoisotopic (exact) mass is 1970 g/mol. The Balaban J connectivity index is 0.000000129. The van der Waals surface area contributed by atoms with Crippen molar-refractivity contribution >= 4 is 80.7 Å². The van der Waals surface area contributed by atoms with Crippen LogP contribution in [0, 0.1) is 11.6 Å². The van der Waals surface area contributed by atoms with Crippen molar-refractivity contribution in [1.29, 1.82) is 0 Å². The Hall–Kier alpha value is -12.9. The highest BCUT2D eigenvalue weighted by Crippen LogP contribution is 2.37. The molecule has 27 nitrogen and oxygen atoms in total. The van der Waals surface area contributed by atoms with Crippen LogP contribution < -0.4 is 9.80 Å². The third kappa shape index (κ3) is 23.8. The zero-order valence-electron chi connectivity index (χ0n) is 86.7. The summed E-state index contributed by atoms with van der Waals surface area (Å²) in [6.45, 7) is 25.0. The number of hydrogen-bond donors (Lipinski definition) is 0. The molecule has 760 valence electrons. The van der Waals surface area contributed by atoms with E-state index in [0.717, 1.165) is 221 Å². The second-order valence-electron chi connectivity index (χ2n) is 40.2. The zero-order chi connectivity index (χ0) is 102. The Morgan fingerprint density at radius 2 is 0.590 bits per heavy atom. The molecule has 5 saturated heterocycles. The molecule has 10 aromatic heterocycles. The number of carbonyl (C=O) groups is 5. The molecule has 14 aromatic rings. The van der Waals surface area contributed by atoms with Crippen LogP contribution >= 0.6 is 11.6 Å². The lowest BCUT2D eigenvalue weighted by molar-refractivity contribution is 0.0684. The Morgan fingerprint density at radius 3 is 0.924 bits per heavy atom. The second-order valence-corrected chi connectivity index (χ2v) is 40.7. The molecule has 0 radical (unpaired) electrons. The number of rotatable bonds is 17. The molecule has 15 heterocycles. The summed E-state index contributed by atoms with van der Waals surface area (Å²) in [5.74, 6) is -0.0131. The smallest absolute Gasteiger partial charge is 0.272 e. The minimum absolute atomic E-state index is 0.0205.